The van der Waals surface area contributed by atoms with Crippen LogP contribution in [-0.4, -0.2) is 21.6 Å². The lowest BCUT2D eigenvalue weighted by Gasteiger charge is -2.10. The van der Waals surface area contributed by atoms with Crippen LogP contribution in [0.3, 0.4) is 0 Å². The molecule has 27 heavy (non-hydrogen) atoms. The standard InChI is InChI=1S/C19H17FN4O3/c1-24-19(27)15-5-3-2-4-14(15)17(23-24)18(26)22-21-16(25)11-8-12-6-9-13(20)10-7-12/h2-7,9-10H,8,11H2,1H3,(H,21,25)(H,22,26). The van der Waals surface area contributed by atoms with Crippen molar-refractivity contribution >= 4 is 22.6 Å². The number of hydrogen-bond acceptors (Lipinski definition) is 4. The number of nitrogens with zero attached hydrogens (tertiary/aromatic N) is 2. The van der Waals surface area contributed by atoms with E-state index in [2.05, 4.69) is 16.0 Å². The van der Waals surface area contributed by atoms with Crippen molar-refractivity contribution in [3.63, 3.8) is 0 Å². The van der Waals surface area contributed by atoms with Crippen molar-refractivity contribution in [2.24, 2.45) is 7.05 Å². The molecule has 2 aromatic carbocycles. The van der Waals surface area contributed by atoms with Crippen molar-refractivity contribution in [3.05, 3.63) is 76.0 Å². The molecular formula is C19H17FN4O3. The third-order valence-electron chi connectivity index (χ3n) is 4.04. The molecule has 0 saturated carbocycles. The summed E-state index contributed by atoms with van der Waals surface area (Å²) in [6, 6.07) is 12.5. The average Bonchev–Trinajstić information content (AvgIpc) is 2.68. The van der Waals surface area contributed by atoms with E-state index in [1.165, 1.54) is 19.2 Å². The molecule has 2 amide bonds. The molecule has 0 aliphatic rings. The molecule has 0 aliphatic heterocycles. The number of hydrazine groups is 1. The molecule has 2 N–H and O–H groups in total. The van der Waals surface area contributed by atoms with Gasteiger partial charge in [-0.2, -0.15) is 5.10 Å². The van der Waals surface area contributed by atoms with Crippen LogP contribution in [0, 0.1) is 5.82 Å². The van der Waals surface area contributed by atoms with Gasteiger partial charge < -0.3 is 0 Å². The van der Waals surface area contributed by atoms with E-state index in [1.807, 2.05) is 0 Å². The van der Waals surface area contributed by atoms with Crippen LogP contribution in [-0.2, 0) is 18.3 Å². The van der Waals surface area contributed by atoms with E-state index in [1.54, 1.807) is 36.4 Å². The molecule has 8 heteroatoms. The third-order valence-corrected chi connectivity index (χ3v) is 4.04. The summed E-state index contributed by atoms with van der Waals surface area (Å²) in [5.74, 6) is -1.37. The fourth-order valence-electron chi connectivity index (χ4n) is 2.62. The summed E-state index contributed by atoms with van der Waals surface area (Å²) in [6.07, 6.45) is 0.524. The Morgan fingerprint density at radius 2 is 1.70 bits per heavy atom. The van der Waals surface area contributed by atoms with Gasteiger partial charge in [0.05, 0.1) is 5.39 Å². The summed E-state index contributed by atoms with van der Waals surface area (Å²) in [5, 5.41) is 4.75. The van der Waals surface area contributed by atoms with Crippen molar-refractivity contribution in [1.29, 1.82) is 0 Å². The minimum atomic E-state index is -0.628. The number of benzene rings is 2. The molecule has 0 unspecified atom stereocenters. The van der Waals surface area contributed by atoms with E-state index < -0.39 is 11.8 Å². The van der Waals surface area contributed by atoms with Crippen molar-refractivity contribution in [3.8, 4) is 0 Å². The fraction of sp³-hybridized carbons (Fsp3) is 0.158. The van der Waals surface area contributed by atoms with Gasteiger partial charge in [0.1, 0.15) is 5.82 Å². The third kappa shape index (κ3) is 4.17. The predicted octanol–water partition coefficient (Wildman–Crippen LogP) is 1.47. The average molecular weight is 368 g/mol. The molecule has 0 atom stereocenters. The van der Waals surface area contributed by atoms with Gasteiger partial charge in [0.25, 0.3) is 11.5 Å². The zero-order valence-electron chi connectivity index (χ0n) is 14.5. The number of carbonyl (C=O) groups is 2. The predicted molar refractivity (Wildman–Crippen MR) is 97.3 cm³/mol. The maximum atomic E-state index is 12.9. The summed E-state index contributed by atoms with van der Waals surface area (Å²) >= 11 is 0. The second kappa shape index (κ2) is 7.77. The fourth-order valence-corrected chi connectivity index (χ4v) is 2.62. The highest BCUT2D eigenvalue weighted by Crippen LogP contribution is 2.12. The van der Waals surface area contributed by atoms with Crippen LogP contribution in [0.15, 0.2) is 53.3 Å². The van der Waals surface area contributed by atoms with Gasteiger partial charge in [-0.15, -0.1) is 0 Å². The van der Waals surface area contributed by atoms with Crippen molar-refractivity contribution in [2.75, 3.05) is 0 Å². The molecule has 0 fully saturated rings. The Bertz CT molecular complexity index is 1060. The highest BCUT2D eigenvalue weighted by Gasteiger charge is 2.16. The molecule has 0 saturated heterocycles. The summed E-state index contributed by atoms with van der Waals surface area (Å²) in [7, 11) is 1.45. The SMILES string of the molecule is Cn1nc(C(=O)NNC(=O)CCc2ccc(F)cc2)c2ccccc2c1=O. The second-order valence-corrected chi connectivity index (χ2v) is 5.95. The first-order valence-corrected chi connectivity index (χ1v) is 8.25. The van der Waals surface area contributed by atoms with Gasteiger partial charge in [-0.1, -0.05) is 30.3 Å². The van der Waals surface area contributed by atoms with E-state index in [-0.39, 0.29) is 23.5 Å². The second-order valence-electron chi connectivity index (χ2n) is 5.95. The van der Waals surface area contributed by atoms with Gasteiger partial charge in [0.15, 0.2) is 5.69 Å². The first kappa shape index (κ1) is 18.2. The van der Waals surface area contributed by atoms with E-state index in [0.29, 0.717) is 17.2 Å². The number of carbonyl (C=O) groups excluding carboxylic acids is 2. The number of hydrogen-bond donors (Lipinski definition) is 2. The number of nitrogens with one attached hydrogen (secondary N) is 2. The Hall–Kier alpha value is -3.55. The van der Waals surface area contributed by atoms with Crippen LogP contribution < -0.4 is 16.4 Å². The number of aromatic nitrogens is 2. The van der Waals surface area contributed by atoms with Gasteiger partial charge in [0.2, 0.25) is 5.91 Å². The number of aryl methyl sites for hydroxylation is 2. The quantitative estimate of drug-likeness (QED) is 0.682. The van der Waals surface area contributed by atoms with Gasteiger partial charge in [-0.25, -0.2) is 9.07 Å². The van der Waals surface area contributed by atoms with E-state index in [4.69, 9.17) is 0 Å². The van der Waals surface area contributed by atoms with Gasteiger partial charge >= 0.3 is 0 Å². The molecule has 3 aromatic rings. The Labute approximate surface area is 153 Å². The summed E-state index contributed by atoms with van der Waals surface area (Å²) in [6.45, 7) is 0. The van der Waals surface area contributed by atoms with Gasteiger partial charge in [-0.3, -0.25) is 25.2 Å². The smallest absolute Gasteiger partial charge is 0.273 e. The highest BCUT2D eigenvalue weighted by atomic mass is 19.1. The molecule has 7 nitrogen and oxygen atoms in total. The van der Waals surface area contributed by atoms with Crippen molar-refractivity contribution < 1.29 is 14.0 Å². The number of fused-ring (bicyclic) bond motifs is 1. The maximum Gasteiger partial charge on any atom is 0.290 e. The Morgan fingerprint density at radius 3 is 2.41 bits per heavy atom. The maximum absolute atomic E-state index is 12.9. The number of amides is 2. The zero-order chi connectivity index (χ0) is 19.4. The molecule has 3 rings (SSSR count). The monoisotopic (exact) mass is 368 g/mol. The van der Waals surface area contributed by atoms with Crippen LogP contribution >= 0.6 is 0 Å². The molecule has 1 aromatic heterocycles. The van der Waals surface area contributed by atoms with Crippen LogP contribution in [0.5, 0.6) is 0 Å². The van der Waals surface area contributed by atoms with Crippen LogP contribution in [0.25, 0.3) is 10.8 Å². The van der Waals surface area contributed by atoms with Crippen molar-refractivity contribution in [2.45, 2.75) is 12.8 Å². The van der Waals surface area contributed by atoms with E-state index >= 15 is 0 Å². The topological polar surface area (TPSA) is 93.1 Å². The summed E-state index contributed by atoms with van der Waals surface area (Å²) in [5.41, 5.74) is 5.16. The lowest BCUT2D eigenvalue weighted by molar-refractivity contribution is -0.121. The Morgan fingerprint density at radius 1 is 1.04 bits per heavy atom. The normalized spacial score (nSPS) is 10.6. The number of halogens is 1. The van der Waals surface area contributed by atoms with E-state index in [0.717, 1.165) is 10.2 Å². The molecule has 0 aliphatic carbocycles. The molecular weight excluding hydrogens is 351 g/mol. The molecule has 138 valence electrons. The van der Waals surface area contributed by atoms with Crippen LogP contribution in [0.2, 0.25) is 0 Å². The molecule has 1 heterocycles. The van der Waals surface area contributed by atoms with Gasteiger partial charge in [0, 0.05) is 18.9 Å². The van der Waals surface area contributed by atoms with E-state index in [9.17, 15) is 18.8 Å². The van der Waals surface area contributed by atoms with Crippen molar-refractivity contribution in [1.82, 2.24) is 20.6 Å². The lowest BCUT2D eigenvalue weighted by Crippen LogP contribution is -2.42. The van der Waals surface area contributed by atoms with Crippen LogP contribution in [0.4, 0.5) is 4.39 Å². The largest absolute Gasteiger partial charge is 0.290 e. The number of rotatable bonds is 4. The first-order chi connectivity index (χ1) is 13.0. The lowest BCUT2D eigenvalue weighted by atomic mass is 10.1. The zero-order valence-corrected chi connectivity index (χ0v) is 14.5. The van der Waals surface area contributed by atoms with Crippen LogP contribution in [0.1, 0.15) is 22.5 Å². The van der Waals surface area contributed by atoms with Gasteiger partial charge in [-0.05, 0) is 30.2 Å². The Balaban J connectivity index is 1.65. The molecule has 0 spiro atoms. The summed E-state index contributed by atoms with van der Waals surface area (Å²) < 4.78 is 13.9. The summed E-state index contributed by atoms with van der Waals surface area (Å²) in [4.78, 5) is 36.4. The Kier molecular flexibility index (Phi) is 5.25. The molecule has 0 radical (unpaired) electrons. The minimum absolute atomic E-state index is 0.0338. The first-order valence-electron chi connectivity index (χ1n) is 8.25. The minimum Gasteiger partial charge on any atom is -0.273 e. The highest BCUT2D eigenvalue weighted by molar-refractivity contribution is 6.05. The molecule has 0 bridgehead atoms.